The molecule has 7 nitrogen and oxygen atoms in total. The van der Waals surface area contributed by atoms with Crippen molar-refractivity contribution in [2.24, 2.45) is 0 Å². The van der Waals surface area contributed by atoms with Crippen molar-refractivity contribution in [1.29, 1.82) is 0 Å². The van der Waals surface area contributed by atoms with E-state index in [0.29, 0.717) is 49.2 Å². The molecule has 0 spiro atoms. The number of thioether (sulfide) groups is 1. The average molecular weight is 375 g/mol. The minimum atomic E-state index is -0.461. The van der Waals surface area contributed by atoms with E-state index in [4.69, 9.17) is 4.74 Å². The second-order valence-electron chi connectivity index (χ2n) is 6.00. The van der Waals surface area contributed by atoms with E-state index in [9.17, 15) is 14.4 Å². The maximum Gasteiger partial charge on any atom is 0.255 e. The van der Waals surface area contributed by atoms with Crippen LogP contribution in [0.1, 0.15) is 10.4 Å². The minimum absolute atomic E-state index is 0.0252. The number of anilines is 1. The van der Waals surface area contributed by atoms with Crippen LogP contribution >= 0.6 is 11.8 Å². The normalized spacial score (nSPS) is 19.9. The second-order valence-corrected chi connectivity index (χ2v) is 7.00. The molecule has 0 aliphatic carbocycles. The maximum atomic E-state index is 12.9. The van der Waals surface area contributed by atoms with Crippen LogP contribution in [-0.2, 0) is 14.3 Å². The van der Waals surface area contributed by atoms with Crippen LogP contribution < -0.4 is 5.32 Å². The zero-order valence-corrected chi connectivity index (χ0v) is 15.2. The van der Waals surface area contributed by atoms with Crippen LogP contribution in [0.15, 0.2) is 36.9 Å². The SMILES string of the molecule is C=CC(=O)Nc1cccc(C(=O)N2CSCC2C(=O)N2CCOCC2)c1. The summed E-state index contributed by atoms with van der Waals surface area (Å²) >= 11 is 1.57. The number of hydrogen-bond acceptors (Lipinski definition) is 5. The highest BCUT2D eigenvalue weighted by atomic mass is 32.2. The number of carbonyl (C=O) groups excluding carboxylic acids is 3. The van der Waals surface area contributed by atoms with Crippen LogP contribution in [0.5, 0.6) is 0 Å². The summed E-state index contributed by atoms with van der Waals surface area (Å²) in [5, 5.41) is 2.64. The third-order valence-electron chi connectivity index (χ3n) is 4.31. The lowest BCUT2D eigenvalue weighted by atomic mass is 10.1. The molecular formula is C18H21N3O4S. The van der Waals surface area contributed by atoms with Crippen LogP contribution in [-0.4, -0.2) is 71.5 Å². The first-order chi connectivity index (χ1) is 12.6. The fraction of sp³-hybridized carbons (Fsp3) is 0.389. The molecule has 1 atom stereocenters. The Labute approximate surface area is 156 Å². The summed E-state index contributed by atoms with van der Waals surface area (Å²) < 4.78 is 5.29. The van der Waals surface area contributed by atoms with Gasteiger partial charge in [-0.15, -0.1) is 11.8 Å². The summed E-state index contributed by atoms with van der Waals surface area (Å²) in [5.74, 6) is 0.489. The van der Waals surface area contributed by atoms with E-state index in [1.54, 1.807) is 45.8 Å². The molecule has 0 aromatic heterocycles. The summed E-state index contributed by atoms with van der Waals surface area (Å²) in [6.07, 6.45) is 1.17. The van der Waals surface area contributed by atoms with Gasteiger partial charge in [-0.1, -0.05) is 12.6 Å². The molecule has 1 unspecified atom stereocenters. The lowest BCUT2D eigenvalue weighted by Gasteiger charge is -2.32. The van der Waals surface area contributed by atoms with Crippen LogP contribution in [0.2, 0.25) is 0 Å². The van der Waals surface area contributed by atoms with Crippen molar-refractivity contribution in [3.63, 3.8) is 0 Å². The summed E-state index contributed by atoms with van der Waals surface area (Å²) in [6.45, 7) is 5.60. The molecule has 138 valence electrons. The Balaban J connectivity index is 1.73. The molecule has 3 rings (SSSR count). The lowest BCUT2D eigenvalue weighted by molar-refractivity contribution is -0.138. The molecular weight excluding hydrogens is 354 g/mol. The highest BCUT2D eigenvalue weighted by Gasteiger charge is 2.37. The van der Waals surface area contributed by atoms with E-state index >= 15 is 0 Å². The van der Waals surface area contributed by atoms with Crippen LogP contribution in [0.3, 0.4) is 0 Å². The van der Waals surface area contributed by atoms with Gasteiger partial charge in [-0.2, -0.15) is 0 Å². The zero-order valence-electron chi connectivity index (χ0n) is 14.3. The number of ether oxygens (including phenoxy) is 1. The second kappa shape index (κ2) is 8.37. The Morgan fingerprint density at radius 3 is 2.77 bits per heavy atom. The van der Waals surface area contributed by atoms with Crippen molar-refractivity contribution in [2.75, 3.05) is 43.2 Å². The van der Waals surface area contributed by atoms with Gasteiger partial charge in [0.25, 0.3) is 5.91 Å². The highest BCUT2D eigenvalue weighted by Crippen LogP contribution is 2.25. The summed E-state index contributed by atoms with van der Waals surface area (Å²) in [4.78, 5) is 40.5. The van der Waals surface area contributed by atoms with Gasteiger partial charge in [-0.3, -0.25) is 14.4 Å². The van der Waals surface area contributed by atoms with Crippen molar-refractivity contribution in [3.05, 3.63) is 42.5 Å². The standard InChI is InChI=1S/C18H21N3O4S/c1-2-16(22)19-14-5-3-4-13(10-14)17(23)21-12-26-11-15(21)18(24)20-6-8-25-9-7-20/h2-5,10,15H,1,6-9,11-12H2,(H,19,22). The third kappa shape index (κ3) is 4.08. The van der Waals surface area contributed by atoms with E-state index in [0.717, 1.165) is 0 Å². The van der Waals surface area contributed by atoms with Crippen molar-refractivity contribution in [2.45, 2.75) is 6.04 Å². The number of nitrogens with one attached hydrogen (secondary N) is 1. The van der Waals surface area contributed by atoms with Crippen LogP contribution in [0.4, 0.5) is 5.69 Å². The molecule has 1 aromatic carbocycles. The third-order valence-corrected chi connectivity index (χ3v) is 5.33. The van der Waals surface area contributed by atoms with Crippen molar-refractivity contribution >= 4 is 35.2 Å². The Kier molecular flexibility index (Phi) is 5.95. The van der Waals surface area contributed by atoms with Crippen molar-refractivity contribution in [1.82, 2.24) is 9.80 Å². The Hall–Kier alpha value is -2.32. The largest absolute Gasteiger partial charge is 0.378 e. The highest BCUT2D eigenvalue weighted by molar-refractivity contribution is 7.99. The van der Waals surface area contributed by atoms with Gasteiger partial charge in [0.1, 0.15) is 6.04 Å². The fourth-order valence-electron chi connectivity index (χ4n) is 2.93. The number of amides is 3. The molecule has 0 bridgehead atoms. The Bertz CT molecular complexity index is 718. The van der Waals surface area contributed by atoms with Gasteiger partial charge in [0.05, 0.1) is 19.1 Å². The molecule has 26 heavy (non-hydrogen) atoms. The smallest absolute Gasteiger partial charge is 0.255 e. The molecule has 2 saturated heterocycles. The molecule has 2 fully saturated rings. The Morgan fingerprint density at radius 2 is 2.04 bits per heavy atom. The zero-order chi connectivity index (χ0) is 18.5. The van der Waals surface area contributed by atoms with Crippen molar-refractivity contribution in [3.8, 4) is 0 Å². The molecule has 1 aromatic rings. The molecule has 1 N–H and O–H groups in total. The molecule has 0 saturated carbocycles. The first kappa shape index (κ1) is 18.5. The predicted octanol–water partition coefficient (Wildman–Crippen LogP) is 1.18. The van der Waals surface area contributed by atoms with Gasteiger partial charge >= 0.3 is 0 Å². The molecule has 2 heterocycles. The summed E-state index contributed by atoms with van der Waals surface area (Å²) in [5.41, 5.74) is 0.956. The quantitative estimate of drug-likeness (QED) is 0.800. The van der Waals surface area contributed by atoms with Gasteiger partial charge in [0, 0.05) is 30.1 Å². The predicted molar refractivity (Wildman–Crippen MR) is 100.0 cm³/mol. The van der Waals surface area contributed by atoms with Crippen molar-refractivity contribution < 1.29 is 19.1 Å². The van der Waals surface area contributed by atoms with E-state index in [1.165, 1.54) is 6.08 Å². The summed E-state index contributed by atoms with van der Waals surface area (Å²) in [7, 11) is 0. The number of nitrogens with zero attached hydrogens (tertiary/aromatic N) is 2. The summed E-state index contributed by atoms with van der Waals surface area (Å²) in [6, 6.07) is 6.24. The first-order valence-electron chi connectivity index (χ1n) is 8.39. The molecule has 8 heteroatoms. The van der Waals surface area contributed by atoms with Crippen LogP contribution in [0.25, 0.3) is 0 Å². The van der Waals surface area contributed by atoms with Gasteiger partial charge in [0.15, 0.2) is 0 Å². The van der Waals surface area contributed by atoms with Gasteiger partial charge in [-0.25, -0.2) is 0 Å². The average Bonchev–Trinajstić information content (AvgIpc) is 3.17. The van der Waals surface area contributed by atoms with Gasteiger partial charge < -0.3 is 19.9 Å². The minimum Gasteiger partial charge on any atom is -0.378 e. The topological polar surface area (TPSA) is 79.0 Å². The number of carbonyl (C=O) groups is 3. The molecule has 2 aliphatic rings. The number of hydrogen-bond donors (Lipinski definition) is 1. The number of morpholine rings is 1. The lowest BCUT2D eigenvalue weighted by Crippen LogP contribution is -2.52. The first-order valence-corrected chi connectivity index (χ1v) is 9.54. The van der Waals surface area contributed by atoms with E-state index in [-0.39, 0.29) is 17.7 Å². The fourth-order valence-corrected chi connectivity index (χ4v) is 4.08. The number of benzene rings is 1. The maximum absolute atomic E-state index is 12.9. The monoisotopic (exact) mass is 375 g/mol. The van der Waals surface area contributed by atoms with E-state index < -0.39 is 6.04 Å². The van der Waals surface area contributed by atoms with Gasteiger partial charge in [-0.05, 0) is 24.3 Å². The molecule has 3 amide bonds. The molecule has 0 radical (unpaired) electrons. The van der Waals surface area contributed by atoms with Crippen LogP contribution in [0, 0.1) is 0 Å². The van der Waals surface area contributed by atoms with E-state index in [2.05, 4.69) is 11.9 Å². The Morgan fingerprint density at radius 1 is 1.27 bits per heavy atom. The number of rotatable bonds is 4. The molecule has 2 aliphatic heterocycles. The van der Waals surface area contributed by atoms with Gasteiger partial charge in [0.2, 0.25) is 11.8 Å². The van der Waals surface area contributed by atoms with E-state index in [1.807, 2.05) is 0 Å².